The van der Waals surface area contributed by atoms with E-state index in [0.717, 1.165) is 0 Å². The molecule has 14 heteroatoms. The summed E-state index contributed by atoms with van der Waals surface area (Å²) in [7, 11) is 0. The largest absolute Gasteiger partial charge is 0.449 e. The number of Topliss-reactive ketones (excluding diaryl/α,β-unsaturated/α-hetero) is 2. The van der Waals surface area contributed by atoms with Crippen molar-refractivity contribution in [3.63, 3.8) is 0 Å². The van der Waals surface area contributed by atoms with Crippen LogP contribution in [0.1, 0.15) is 37.1 Å². The van der Waals surface area contributed by atoms with E-state index in [9.17, 15) is 19.2 Å². The maximum absolute atomic E-state index is 13.5. The number of amides is 2. The van der Waals surface area contributed by atoms with Crippen LogP contribution in [0.5, 0.6) is 0 Å². The SMILES string of the molecule is CCn1ccc(C[C@H](NC(=O)/C=C/c2cc(Cl)ccc2-n2cnnn2)C(=O)Cc2ccc(NC(=O)OCCC(C)=O)cc2)n1. The summed E-state index contributed by atoms with van der Waals surface area (Å²) in [5, 5.41) is 21.5. The van der Waals surface area contributed by atoms with Crippen LogP contribution in [-0.4, -0.2) is 66.2 Å². The third-order valence-corrected chi connectivity index (χ3v) is 6.64. The van der Waals surface area contributed by atoms with Crippen LogP contribution in [0.3, 0.4) is 0 Å². The van der Waals surface area contributed by atoms with E-state index in [4.69, 9.17) is 16.3 Å². The summed E-state index contributed by atoms with van der Waals surface area (Å²) in [5.74, 6) is -0.782. The first-order valence-electron chi connectivity index (χ1n) is 13.8. The molecule has 44 heavy (non-hydrogen) atoms. The highest BCUT2D eigenvalue weighted by Gasteiger charge is 2.22. The van der Waals surface area contributed by atoms with Crippen LogP contribution in [0.2, 0.25) is 5.02 Å². The zero-order chi connectivity index (χ0) is 31.5. The lowest BCUT2D eigenvalue weighted by molar-refractivity contribution is -0.125. The highest BCUT2D eigenvalue weighted by Crippen LogP contribution is 2.20. The molecule has 0 aliphatic carbocycles. The lowest BCUT2D eigenvalue weighted by Gasteiger charge is -2.16. The van der Waals surface area contributed by atoms with Gasteiger partial charge in [0.15, 0.2) is 5.78 Å². The molecule has 4 aromatic rings. The van der Waals surface area contributed by atoms with Gasteiger partial charge in [-0.25, -0.2) is 4.79 Å². The van der Waals surface area contributed by atoms with Gasteiger partial charge in [-0.1, -0.05) is 23.7 Å². The summed E-state index contributed by atoms with van der Waals surface area (Å²) >= 11 is 6.18. The molecule has 0 aliphatic heterocycles. The molecule has 2 heterocycles. The number of ketones is 2. The van der Waals surface area contributed by atoms with Crippen molar-refractivity contribution in [2.75, 3.05) is 11.9 Å². The molecule has 13 nitrogen and oxygen atoms in total. The van der Waals surface area contributed by atoms with Crippen molar-refractivity contribution in [2.24, 2.45) is 0 Å². The number of tetrazole rings is 1. The van der Waals surface area contributed by atoms with E-state index in [1.54, 1.807) is 53.2 Å². The standard InChI is InChI=1S/C30H31ClN8O5/c1-3-38-14-12-25(35-38)18-26(28(41)16-21-4-8-24(9-5-21)33-30(43)44-15-13-20(2)40)34-29(42)11-6-22-17-23(31)7-10-27(22)39-19-32-36-37-39/h4-12,14,17,19,26H,3,13,15-16,18H2,1-2H3,(H,33,43)(H,34,42)/b11-6+/t26-/m0/s1. The fourth-order valence-electron chi connectivity index (χ4n) is 4.14. The molecule has 4 rings (SSSR count). The molecule has 0 spiro atoms. The number of carbonyl (C=O) groups is 4. The molecular formula is C30H31ClN8O5. The van der Waals surface area contributed by atoms with Crippen LogP contribution in [0.4, 0.5) is 10.5 Å². The van der Waals surface area contributed by atoms with E-state index < -0.39 is 18.0 Å². The molecule has 2 aromatic carbocycles. The average molecular weight is 619 g/mol. The van der Waals surface area contributed by atoms with E-state index in [1.807, 2.05) is 19.2 Å². The van der Waals surface area contributed by atoms with Gasteiger partial charge < -0.3 is 10.1 Å². The Balaban J connectivity index is 1.44. The smallest absolute Gasteiger partial charge is 0.411 e. The quantitative estimate of drug-likeness (QED) is 0.201. The van der Waals surface area contributed by atoms with Gasteiger partial charge >= 0.3 is 6.09 Å². The Morgan fingerprint density at radius 3 is 2.57 bits per heavy atom. The minimum Gasteiger partial charge on any atom is -0.449 e. The maximum atomic E-state index is 13.5. The molecule has 0 bridgehead atoms. The third kappa shape index (κ3) is 9.42. The number of nitrogens with one attached hydrogen (secondary N) is 2. The third-order valence-electron chi connectivity index (χ3n) is 6.40. The number of hydrogen-bond donors (Lipinski definition) is 2. The number of anilines is 1. The second-order valence-corrected chi connectivity index (χ2v) is 10.2. The highest BCUT2D eigenvalue weighted by molar-refractivity contribution is 6.30. The molecular weight excluding hydrogens is 588 g/mol. The van der Waals surface area contributed by atoms with E-state index in [-0.39, 0.29) is 37.4 Å². The van der Waals surface area contributed by atoms with Crippen LogP contribution in [0.15, 0.2) is 67.1 Å². The van der Waals surface area contributed by atoms with Crippen molar-refractivity contribution in [3.8, 4) is 5.69 Å². The number of hydrogen-bond acceptors (Lipinski definition) is 9. The van der Waals surface area contributed by atoms with Crippen molar-refractivity contribution in [1.29, 1.82) is 0 Å². The van der Waals surface area contributed by atoms with Gasteiger partial charge in [0, 0.05) is 54.4 Å². The summed E-state index contributed by atoms with van der Waals surface area (Å²) in [6.07, 6.45) is 5.82. The Hall–Kier alpha value is -5.17. The first-order valence-corrected chi connectivity index (χ1v) is 14.2. The summed E-state index contributed by atoms with van der Waals surface area (Å²) in [4.78, 5) is 49.4. The van der Waals surface area contributed by atoms with Crippen LogP contribution < -0.4 is 10.6 Å². The molecule has 0 radical (unpaired) electrons. The minimum absolute atomic E-state index is 0.00783. The second kappa shape index (κ2) is 15.3. The minimum atomic E-state index is -0.861. The van der Waals surface area contributed by atoms with Crippen molar-refractivity contribution in [3.05, 3.63) is 89.0 Å². The number of halogens is 1. The Kier molecular flexibility index (Phi) is 11.1. The predicted octanol–water partition coefficient (Wildman–Crippen LogP) is 3.61. The molecule has 2 amide bonds. The summed E-state index contributed by atoms with van der Waals surface area (Å²) in [5.41, 5.74) is 3.03. The topological polar surface area (TPSA) is 163 Å². The van der Waals surface area contributed by atoms with Crippen LogP contribution in [-0.2, 0) is 38.5 Å². The average Bonchev–Trinajstić information content (AvgIpc) is 3.69. The normalized spacial score (nSPS) is 11.7. The van der Waals surface area contributed by atoms with E-state index in [1.165, 1.54) is 24.0 Å². The van der Waals surface area contributed by atoms with Gasteiger partial charge in [-0.3, -0.25) is 24.4 Å². The molecule has 0 unspecified atom stereocenters. The lowest BCUT2D eigenvalue weighted by atomic mass is 9.99. The Morgan fingerprint density at radius 1 is 1.09 bits per heavy atom. The van der Waals surface area contributed by atoms with E-state index in [2.05, 4.69) is 31.3 Å². The van der Waals surface area contributed by atoms with Gasteiger partial charge in [0.25, 0.3) is 0 Å². The Labute approximate surface area is 258 Å². The second-order valence-electron chi connectivity index (χ2n) is 9.77. The van der Waals surface area contributed by atoms with Gasteiger partial charge in [-0.05, 0) is 72.3 Å². The van der Waals surface area contributed by atoms with Gasteiger partial charge in [-0.2, -0.15) is 9.78 Å². The zero-order valence-electron chi connectivity index (χ0n) is 24.1. The molecule has 0 fully saturated rings. The van der Waals surface area contributed by atoms with Crippen molar-refractivity contribution in [2.45, 2.75) is 45.7 Å². The Bertz CT molecular complexity index is 1630. The summed E-state index contributed by atoms with van der Waals surface area (Å²) in [6, 6.07) is 12.7. The number of rotatable bonds is 14. The molecule has 0 saturated carbocycles. The van der Waals surface area contributed by atoms with Gasteiger partial charge in [0.2, 0.25) is 5.91 Å². The lowest BCUT2D eigenvalue weighted by Crippen LogP contribution is -2.42. The van der Waals surface area contributed by atoms with Gasteiger partial charge in [0.1, 0.15) is 18.7 Å². The Morgan fingerprint density at radius 2 is 1.89 bits per heavy atom. The molecule has 228 valence electrons. The van der Waals surface area contributed by atoms with Crippen molar-refractivity contribution in [1.82, 2.24) is 35.3 Å². The van der Waals surface area contributed by atoms with Crippen LogP contribution in [0.25, 0.3) is 11.8 Å². The van der Waals surface area contributed by atoms with Gasteiger partial charge in [0.05, 0.1) is 17.4 Å². The fourth-order valence-corrected chi connectivity index (χ4v) is 4.32. The van der Waals surface area contributed by atoms with E-state index >= 15 is 0 Å². The number of aromatic nitrogens is 6. The number of aryl methyl sites for hydroxylation is 1. The summed E-state index contributed by atoms with van der Waals surface area (Å²) < 4.78 is 8.16. The van der Waals surface area contributed by atoms with Crippen molar-refractivity contribution >= 4 is 46.9 Å². The molecule has 1 atom stereocenters. The zero-order valence-corrected chi connectivity index (χ0v) is 24.9. The number of benzene rings is 2. The maximum Gasteiger partial charge on any atom is 0.411 e. The number of carbonyl (C=O) groups excluding carboxylic acids is 4. The molecule has 0 aliphatic rings. The van der Waals surface area contributed by atoms with Crippen LogP contribution >= 0.6 is 11.6 Å². The monoisotopic (exact) mass is 618 g/mol. The molecule has 2 N–H and O–H groups in total. The molecule has 0 saturated heterocycles. The molecule has 2 aromatic heterocycles. The van der Waals surface area contributed by atoms with Crippen molar-refractivity contribution < 1.29 is 23.9 Å². The van der Waals surface area contributed by atoms with Gasteiger partial charge in [-0.15, -0.1) is 5.10 Å². The number of ether oxygens (including phenoxy) is 1. The number of nitrogens with zero attached hydrogens (tertiary/aromatic N) is 6. The van der Waals surface area contributed by atoms with Crippen LogP contribution in [0, 0.1) is 0 Å². The first kappa shape index (κ1) is 31.8. The fraction of sp³-hybridized carbons (Fsp3) is 0.267. The first-order chi connectivity index (χ1) is 21.2. The summed E-state index contributed by atoms with van der Waals surface area (Å²) in [6.45, 7) is 4.03. The highest BCUT2D eigenvalue weighted by atomic mass is 35.5. The predicted molar refractivity (Wildman–Crippen MR) is 162 cm³/mol. The van der Waals surface area contributed by atoms with E-state index in [0.29, 0.717) is 39.8 Å².